The number of amides is 4. The molecule has 2 radical (unpaired) electrons. The Hall–Kier alpha value is -0.481. The van der Waals surface area contributed by atoms with E-state index in [2.05, 4.69) is 36.4 Å². The zero-order valence-electron chi connectivity index (χ0n) is 28.2. The summed E-state index contributed by atoms with van der Waals surface area (Å²) in [6, 6.07) is -0.0764. The van der Waals surface area contributed by atoms with Crippen molar-refractivity contribution in [2.24, 2.45) is 10.2 Å². The molecule has 2 aliphatic heterocycles. The van der Waals surface area contributed by atoms with Crippen molar-refractivity contribution in [1.82, 2.24) is 20.4 Å². The molecule has 46 heavy (non-hydrogen) atoms. The Morgan fingerprint density at radius 1 is 0.935 bits per heavy atom. The van der Waals surface area contributed by atoms with Gasteiger partial charge in [0.15, 0.2) is 11.1 Å². The quantitative estimate of drug-likeness (QED) is 0.133. The van der Waals surface area contributed by atoms with E-state index in [9.17, 15) is 24.3 Å². The van der Waals surface area contributed by atoms with Gasteiger partial charge in [-0.3, -0.25) is 19.2 Å². The number of aliphatic hydroxyl groups excluding tert-OH is 2. The summed E-state index contributed by atoms with van der Waals surface area (Å²) in [5.41, 5.74) is -3.06. The third-order valence-electron chi connectivity index (χ3n) is 6.39. The Bertz CT molecular complexity index is 894. The van der Waals surface area contributed by atoms with Gasteiger partial charge in [0.05, 0.1) is 24.9 Å². The van der Waals surface area contributed by atoms with E-state index in [4.69, 9.17) is 15.1 Å². The van der Waals surface area contributed by atoms with Crippen molar-refractivity contribution in [2.45, 2.75) is 96.9 Å². The van der Waals surface area contributed by atoms with Gasteiger partial charge in [-0.2, -0.15) is 28.6 Å². The minimum atomic E-state index is -1.14. The summed E-state index contributed by atoms with van der Waals surface area (Å²) in [7, 11) is 2.66. The zero-order valence-corrected chi connectivity index (χ0v) is 34.5. The molecule has 3 unspecified atom stereocenters. The molecule has 2 fully saturated rings. The second kappa shape index (κ2) is 28.4. The standard InChI is InChI=1S/C12H24N4O4.C9H17NO2.C6H9NO.H3OP2.H3P.2V/c1-11(2,9(19)13-5-7-17)15-16-12(3,4)10(20)14-6-8-18;1-7(9(2,3)12)10-6-4-5-8(10)11;1-2-7-5-3-4-6(7)8;1-3-2;;;/h17-18H,5-8H2,1-4H3,(H,13,19)(H,14,20);7,12H,4-6H2,1-3H3;2H,1,3-5H2;1-3H;1H3;;/q;;;-1;;;. The van der Waals surface area contributed by atoms with Crippen LogP contribution in [0, 0.1) is 0 Å². The molecule has 14 nitrogen and oxygen atoms in total. The van der Waals surface area contributed by atoms with Crippen molar-refractivity contribution in [2.75, 3.05) is 39.4 Å². The first-order valence-corrected chi connectivity index (χ1v) is 16.5. The van der Waals surface area contributed by atoms with Crippen LogP contribution in [0.5, 0.6) is 0 Å². The summed E-state index contributed by atoms with van der Waals surface area (Å²) in [6.07, 6.45) is 4.85. The Morgan fingerprint density at radius 2 is 1.30 bits per heavy atom. The van der Waals surface area contributed by atoms with Gasteiger partial charge >= 0.3 is 0 Å². The Balaban J connectivity index is -0.000000183. The van der Waals surface area contributed by atoms with Crippen LogP contribution >= 0.6 is 27.3 Å². The monoisotopic (exact) mass is 787 g/mol. The largest absolute Gasteiger partial charge is 0.500 e. The summed E-state index contributed by atoms with van der Waals surface area (Å²) in [4.78, 5) is 56.4. The molecule has 0 aromatic rings. The van der Waals surface area contributed by atoms with E-state index in [0.29, 0.717) is 12.8 Å². The first-order valence-electron chi connectivity index (χ1n) is 14.1. The number of nitrogens with zero attached hydrogens (tertiary/aromatic N) is 4. The van der Waals surface area contributed by atoms with E-state index in [1.807, 2.05) is 6.92 Å². The molecule has 19 heteroatoms. The molecule has 2 rings (SSSR count). The number of azo groups is 1. The zero-order chi connectivity index (χ0) is 33.9. The van der Waals surface area contributed by atoms with Gasteiger partial charge in [0.1, 0.15) is 0 Å². The molecule has 2 aliphatic rings. The van der Waals surface area contributed by atoms with Crippen LogP contribution in [0.4, 0.5) is 0 Å². The van der Waals surface area contributed by atoms with Crippen LogP contribution < -0.4 is 10.6 Å². The molecule has 2 heterocycles. The van der Waals surface area contributed by atoms with E-state index in [0.717, 1.165) is 25.9 Å². The van der Waals surface area contributed by atoms with Gasteiger partial charge in [0.25, 0.3) is 0 Å². The maximum absolute atomic E-state index is 11.8. The van der Waals surface area contributed by atoms with E-state index < -0.39 is 16.7 Å². The molecule has 0 bridgehead atoms. The third-order valence-corrected chi connectivity index (χ3v) is 6.39. The summed E-state index contributed by atoms with van der Waals surface area (Å²) in [5.74, 6) is -0.395. The summed E-state index contributed by atoms with van der Waals surface area (Å²) >= 11 is 0. The van der Waals surface area contributed by atoms with Gasteiger partial charge in [-0.1, -0.05) is 6.58 Å². The Kier molecular flexibility index (Phi) is 33.9. The number of nitrogens with one attached hydrogen (secondary N) is 2. The number of likely N-dealkylation sites (tertiary alicyclic amines) is 2. The smallest absolute Gasteiger partial charge is 0.249 e. The summed E-state index contributed by atoms with van der Waals surface area (Å²) < 4.78 is 0. The molecular formula is C27H56N6O8P3V2-. The van der Waals surface area contributed by atoms with Gasteiger partial charge in [0.2, 0.25) is 23.6 Å². The molecule has 0 aliphatic carbocycles. The van der Waals surface area contributed by atoms with Gasteiger partial charge < -0.3 is 49.6 Å². The van der Waals surface area contributed by atoms with Crippen LogP contribution in [0.25, 0.3) is 0 Å². The van der Waals surface area contributed by atoms with Crippen molar-refractivity contribution < 1.29 is 76.5 Å². The normalized spacial score (nSPS) is 15.1. The van der Waals surface area contributed by atoms with Crippen molar-refractivity contribution in [3.63, 3.8) is 0 Å². The second-order valence-corrected chi connectivity index (χ2v) is 12.2. The molecule has 268 valence electrons. The molecule has 0 spiro atoms. The average Bonchev–Trinajstić information content (AvgIpc) is 3.56. The second-order valence-electron chi connectivity index (χ2n) is 11.3. The van der Waals surface area contributed by atoms with Crippen LogP contribution in [-0.4, -0.2) is 116 Å². The fourth-order valence-electron chi connectivity index (χ4n) is 3.43. The van der Waals surface area contributed by atoms with Crippen LogP contribution in [0.3, 0.4) is 0 Å². The van der Waals surface area contributed by atoms with Crippen molar-refractivity contribution in [1.29, 1.82) is 0 Å². The minimum Gasteiger partial charge on any atom is -0.500 e. The number of carbonyl (C=O) groups excluding carboxylic acids is 4. The summed E-state index contributed by atoms with van der Waals surface area (Å²) in [5, 5.41) is 39.8. The van der Waals surface area contributed by atoms with Crippen LogP contribution in [0.2, 0.25) is 0 Å². The first kappa shape index (κ1) is 54.9. The average molecular weight is 788 g/mol. The van der Waals surface area contributed by atoms with Crippen molar-refractivity contribution in [3.05, 3.63) is 12.8 Å². The number of carbonyl (C=O) groups is 4. The van der Waals surface area contributed by atoms with Gasteiger partial charge in [-0.05, 0) is 67.5 Å². The van der Waals surface area contributed by atoms with Gasteiger partial charge in [-0.25, -0.2) is 0 Å². The third kappa shape index (κ3) is 23.0. The van der Waals surface area contributed by atoms with E-state index in [1.54, 1.807) is 57.5 Å². The molecule has 3 atom stereocenters. The molecular weight excluding hydrogens is 731 g/mol. The molecule has 6 N–H and O–H groups in total. The number of rotatable bonds is 11. The fourth-order valence-corrected chi connectivity index (χ4v) is 3.43. The predicted molar refractivity (Wildman–Crippen MR) is 181 cm³/mol. The molecule has 0 aromatic heterocycles. The number of hydrogen-bond acceptors (Lipinski definition) is 10. The SMILES string of the molecule is C=CN1CCCC1=O.CC(C)(N=NC(C)(C)C(=O)NCCO)C(=O)NCCO.CC(N1CCCC1=O)C(C)(C)O.OP[PH-].P.[V].[V]. The van der Waals surface area contributed by atoms with E-state index in [1.165, 1.54) is 0 Å². The van der Waals surface area contributed by atoms with Crippen LogP contribution in [0.1, 0.15) is 74.1 Å². The number of aliphatic hydroxyl groups is 3. The molecule has 0 saturated carbocycles. The molecule has 4 amide bonds. The van der Waals surface area contributed by atoms with Crippen molar-refractivity contribution >= 4 is 51.0 Å². The number of hydrogen-bond donors (Lipinski definition) is 6. The fraction of sp³-hybridized carbons (Fsp3) is 0.778. The Labute approximate surface area is 305 Å². The van der Waals surface area contributed by atoms with Gasteiger partial charge in [0, 0.05) is 76.1 Å². The van der Waals surface area contributed by atoms with Crippen molar-refractivity contribution in [3.8, 4) is 0 Å². The first-order chi connectivity index (χ1) is 19.9. The van der Waals surface area contributed by atoms with Crippen LogP contribution in [0.15, 0.2) is 23.0 Å². The van der Waals surface area contributed by atoms with E-state index >= 15 is 0 Å². The Morgan fingerprint density at radius 3 is 1.54 bits per heavy atom. The van der Waals surface area contributed by atoms with Crippen LogP contribution in [-0.2, 0) is 56.3 Å². The topological polar surface area (TPSA) is 204 Å². The van der Waals surface area contributed by atoms with E-state index in [-0.39, 0.29) is 111 Å². The minimum absolute atomic E-state index is 0. The molecule has 2 saturated heterocycles. The van der Waals surface area contributed by atoms with Gasteiger partial charge in [-0.15, -0.1) is 0 Å². The molecule has 0 aromatic carbocycles. The summed E-state index contributed by atoms with van der Waals surface area (Å²) in [6.45, 7) is 16.7. The predicted octanol–water partition coefficient (Wildman–Crippen LogP) is 1.42. The maximum Gasteiger partial charge on any atom is 0.249 e. The maximum atomic E-state index is 11.8.